The van der Waals surface area contributed by atoms with Crippen LogP contribution in [0.4, 0.5) is 5.69 Å². The molecule has 2 aromatic rings. The van der Waals surface area contributed by atoms with Crippen molar-refractivity contribution in [2.24, 2.45) is 5.92 Å². The van der Waals surface area contributed by atoms with Crippen LogP contribution in [-0.4, -0.2) is 59.9 Å². The lowest BCUT2D eigenvalue weighted by Gasteiger charge is -2.14. The predicted octanol–water partition coefficient (Wildman–Crippen LogP) is 2.01. The smallest absolute Gasteiger partial charge is 0.229 e. The molecule has 2 heterocycles. The number of hydrogen-bond acceptors (Lipinski definition) is 3. The molecule has 2 amide bonds. The van der Waals surface area contributed by atoms with Crippen molar-refractivity contribution in [3.05, 3.63) is 30.5 Å². The average Bonchev–Trinajstić information content (AvgIpc) is 3.15. The van der Waals surface area contributed by atoms with E-state index < -0.39 is 0 Å². The van der Waals surface area contributed by atoms with E-state index in [9.17, 15) is 9.59 Å². The molecule has 0 saturated carbocycles. The molecule has 6 heteroatoms. The summed E-state index contributed by atoms with van der Waals surface area (Å²) in [6.07, 6.45) is 2.38. The number of carbonyl (C=O) groups excluding carboxylic acids is 2. The highest BCUT2D eigenvalue weighted by molar-refractivity contribution is 5.98. The molecule has 1 aromatic carbocycles. The summed E-state index contributed by atoms with van der Waals surface area (Å²) in [6, 6.07) is 8.04. The number of likely N-dealkylation sites (N-methyl/N-ethyl adjacent to an activating group) is 1. The van der Waals surface area contributed by atoms with Crippen LogP contribution in [0.1, 0.15) is 13.3 Å². The number of rotatable bonds is 6. The summed E-state index contributed by atoms with van der Waals surface area (Å²) in [7, 11) is 4.11. The second-order valence-corrected chi connectivity index (χ2v) is 6.91. The van der Waals surface area contributed by atoms with Gasteiger partial charge in [0.25, 0.3) is 0 Å². The maximum atomic E-state index is 12.5. The van der Waals surface area contributed by atoms with Crippen LogP contribution in [0.5, 0.6) is 0 Å². The summed E-state index contributed by atoms with van der Waals surface area (Å²) in [6.45, 7) is 4.97. The highest BCUT2D eigenvalue weighted by atomic mass is 16.2. The third kappa shape index (κ3) is 3.85. The maximum Gasteiger partial charge on any atom is 0.229 e. The van der Waals surface area contributed by atoms with E-state index in [1.807, 2.05) is 25.1 Å². The van der Waals surface area contributed by atoms with Crippen LogP contribution < -0.4 is 5.32 Å². The lowest BCUT2D eigenvalue weighted by molar-refractivity contribution is -0.128. The number of carbonyl (C=O) groups is 2. The lowest BCUT2D eigenvalue weighted by Crippen LogP contribution is -2.28. The van der Waals surface area contributed by atoms with Gasteiger partial charge in [0, 0.05) is 44.5 Å². The largest absolute Gasteiger partial charge is 0.346 e. The van der Waals surface area contributed by atoms with E-state index in [2.05, 4.69) is 41.1 Å². The molecule has 1 aliphatic rings. The molecule has 6 nitrogen and oxygen atoms in total. The van der Waals surface area contributed by atoms with E-state index in [4.69, 9.17) is 0 Å². The molecule has 1 unspecified atom stereocenters. The molecule has 1 aliphatic heterocycles. The number of nitrogens with zero attached hydrogens (tertiary/aromatic N) is 3. The van der Waals surface area contributed by atoms with E-state index in [1.165, 1.54) is 0 Å². The van der Waals surface area contributed by atoms with Crippen LogP contribution in [0, 0.1) is 5.92 Å². The third-order valence-electron chi connectivity index (χ3n) is 4.80. The average molecular weight is 342 g/mol. The number of hydrogen-bond donors (Lipinski definition) is 1. The van der Waals surface area contributed by atoms with Gasteiger partial charge in [-0.15, -0.1) is 0 Å². The van der Waals surface area contributed by atoms with Gasteiger partial charge in [-0.2, -0.15) is 0 Å². The Morgan fingerprint density at radius 2 is 2.12 bits per heavy atom. The molecule has 3 rings (SSSR count). The third-order valence-corrected chi connectivity index (χ3v) is 4.80. The first-order valence-electron chi connectivity index (χ1n) is 8.80. The Kier molecular flexibility index (Phi) is 5.08. The Bertz CT molecular complexity index is 781. The first-order valence-corrected chi connectivity index (χ1v) is 8.80. The first-order chi connectivity index (χ1) is 12.0. The molecular weight excluding hydrogens is 316 g/mol. The molecule has 25 heavy (non-hydrogen) atoms. The Labute approximate surface area is 148 Å². The quantitative estimate of drug-likeness (QED) is 0.874. The minimum absolute atomic E-state index is 0.0654. The lowest BCUT2D eigenvalue weighted by atomic mass is 10.1. The highest BCUT2D eigenvalue weighted by Crippen LogP contribution is 2.23. The van der Waals surface area contributed by atoms with Crippen molar-refractivity contribution in [1.29, 1.82) is 0 Å². The molecular formula is C19H26N4O2. The molecule has 1 fully saturated rings. The van der Waals surface area contributed by atoms with Crippen molar-refractivity contribution >= 4 is 28.4 Å². The normalized spacial score (nSPS) is 17.7. The second-order valence-electron chi connectivity index (χ2n) is 6.91. The number of benzene rings is 1. The highest BCUT2D eigenvalue weighted by Gasteiger charge is 2.33. The molecule has 134 valence electrons. The number of amides is 2. The summed E-state index contributed by atoms with van der Waals surface area (Å²) in [4.78, 5) is 28.2. The summed E-state index contributed by atoms with van der Waals surface area (Å²) in [5, 5.41) is 4.14. The van der Waals surface area contributed by atoms with Gasteiger partial charge in [-0.3, -0.25) is 9.59 Å². The van der Waals surface area contributed by atoms with Crippen LogP contribution in [0.3, 0.4) is 0 Å². The molecule has 1 saturated heterocycles. The first kappa shape index (κ1) is 17.5. The zero-order chi connectivity index (χ0) is 18.0. The van der Waals surface area contributed by atoms with Gasteiger partial charge in [-0.1, -0.05) is 6.07 Å². The Morgan fingerprint density at radius 3 is 2.80 bits per heavy atom. The SMILES string of the molecule is CCN1CC(C(=O)Nc2ccc3ccn(CCN(C)C)c3c2)CC1=O. The maximum absolute atomic E-state index is 12.5. The summed E-state index contributed by atoms with van der Waals surface area (Å²) < 4.78 is 2.20. The molecule has 0 aliphatic carbocycles. The zero-order valence-electron chi connectivity index (χ0n) is 15.2. The topological polar surface area (TPSA) is 57.6 Å². The van der Waals surface area contributed by atoms with Crippen LogP contribution in [0.25, 0.3) is 10.9 Å². The standard InChI is InChI=1S/C19H26N4O2/c1-4-22-13-15(11-18(22)24)19(25)20-16-6-5-14-7-8-23(17(14)12-16)10-9-21(2)3/h5-8,12,15H,4,9-11,13H2,1-3H3,(H,20,25). The molecule has 0 bridgehead atoms. The number of likely N-dealkylation sites (tertiary alicyclic amines) is 1. The van der Waals surface area contributed by atoms with Gasteiger partial charge < -0.3 is 19.7 Å². The van der Waals surface area contributed by atoms with Gasteiger partial charge in [0.1, 0.15) is 0 Å². The van der Waals surface area contributed by atoms with E-state index >= 15 is 0 Å². The predicted molar refractivity (Wildman–Crippen MR) is 99.5 cm³/mol. The van der Waals surface area contributed by atoms with Crippen molar-refractivity contribution < 1.29 is 9.59 Å². The molecule has 0 radical (unpaired) electrons. The van der Waals surface area contributed by atoms with Crippen molar-refractivity contribution in [2.45, 2.75) is 19.9 Å². The van der Waals surface area contributed by atoms with Crippen molar-refractivity contribution in [1.82, 2.24) is 14.4 Å². The van der Waals surface area contributed by atoms with E-state index in [0.29, 0.717) is 19.5 Å². The number of fused-ring (bicyclic) bond motifs is 1. The Morgan fingerprint density at radius 1 is 1.32 bits per heavy atom. The summed E-state index contributed by atoms with van der Waals surface area (Å²) >= 11 is 0. The molecule has 1 atom stereocenters. The minimum atomic E-state index is -0.260. The molecule has 0 spiro atoms. The van der Waals surface area contributed by atoms with Crippen LogP contribution in [0.2, 0.25) is 0 Å². The Hall–Kier alpha value is -2.34. The number of aromatic nitrogens is 1. The van der Waals surface area contributed by atoms with Gasteiger partial charge in [-0.25, -0.2) is 0 Å². The Balaban J connectivity index is 1.72. The van der Waals surface area contributed by atoms with Crippen LogP contribution in [-0.2, 0) is 16.1 Å². The van der Waals surface area contributed by atoms with Gasteiger partial charge in [-0.05, 0) is 44.6 Å². The van der Waals surface area contributed by atoms with Gasteiger partial charge >= 0.3 is 0 Å². The fourth-order valence-electron chi connectivity index (χ4n) is 3.26. The van der Waals surface area contributed by atoms with Crippen LogP contribution in [0.15, 0.2) is 30.5 Å². The number of anilines is 1. The van der Waals surface area contributed by atoms with Crippen molar-refractivity contribution in [3.8, 4) is 0 Å². The zero-order valence-corrected chi connectivity index (χ0v) is 15.2. The second kappa shape index (κ2) is 7.27. The van der Waals surface area contributed by atoms with E-state index in [1.54, 1.807) is 4.90 Å². The fourth-order valence-corrected chi connectivity index (χ4v) is 3.26. The number of nitrogens with one attached hydrogen (secondary N) is 1. The van der Waals surface area contributed by atoms with Crippen molar-refractivity contribution in [2.75, 3.05) is 39.0 Å². The minimum Gasteiger partial charge on any atom is -0.346 e. The van der Waals surface area contributed by atoms with Gasteiger partial charge in [0.15, 0.2) is 0 Å². The van der Waals surface area contributed by atoms with Crippen molar-refractivity contribution in [3.63, 3.8) is 0 Å². The fraction of sp³-hybridized carbons (Fsp3) is 0.474. The molecule has 1 N–H and O–H groups in total. The van der Waals surface area contributed by atoms with E-state index in [0.717, 1.165) is 29.7 Å². The van der Waals surface area contributed by atoms with Crippen LogP contribution >= 0.6 is 0 Å². The van der Waals surface area contributed by atoms with Gasteiger partial charge in [0.2, 0.25) is 11.8 Å². The summed E-state index contributed by atoms with van der Waals surface area (Å²) in [5.74, 6) is -0.269. The summed E-state index contributed by atoms with van der Waals surface area (Å²) in [5.41, 5.74) is 1.89. The molecule has 1 aromatic heterocycles. The van der Waals surface area contributed by atoms with Gasteiger partial charge in [0.05, 0.1) is 11.4 Å². The monoisotopic (exact) mass is 342 g/mol. The van der Waals surface area contributed by atoms with E-state index in [-0.39, 0.29) is 17.7 Å².